The molecule has 3 saturated carbocycles. The molecule has 5 fully saturated rings. The summed E-state index contributed by atoms with van der Waals surface area (Å²) in [6.45, 7) is 3.38. The lowest BCUT2D eigenvalue weighted by Crippen LogP contribution is -2.51. The van der Waals surface area contributed by atoms with Crippen molar-refractivity contribution in [1.29, 1.82) is 0 Å². The lowest BCUT2D eigenvalue weighted by atomic mass is 9.55. The molecule has 5 aliphatic rings. The molecular weight excluding hydrogens is 391 g/mol. The Morgan fingerprint density at radius 3 is 2.61 bits per heavy atom. The number of carbonyl (C=O) groups is 1. The van der Waals surface area contributed by atoms with Gasteiger partial charge in [0.2, 0.25) is 5.91 Å². The maximum atomic E-state index is 13.6. The molecule has 7 heteroatoms. The molecule has 2 heterocycles. The van der Waals surface area contributed by atoms with Crippen molar-refractivity contribution in [1.82, 2.24) is 4.90 Å². The maximum absolute atomic E-state index is 13.6. The largest absolute Gasteiger partial charge is 0.454 e. The Kier molecular flexibility index (Phi) is 6.41. The van der Waals surface area contributed by atoms with Gasteiger partial charge in [0.25, 0.3) is 0 Å². The van der Waals surface area contributed by atoms with Crippen molar-refractivity contribution in [3.8, 4) is 0 Å². The molecule has 3 aliphatic carbocycles. The number of rotatable bonds is 3. The standard InChI is InChI=1S/C24H41BN2O4/c26-14-16-4-7-22-21(12-16)24(15-31-22)8-10-27(11-9-24)23(28)19-3-1-2-17-5-6-18(25(29)30)13-20(17)19/h16-22,29-30H,1-15,26H2. The SMILES string of the molecule is NCC1CCC2OCC3(CCN(C(=O)C4CCCC5CCC(B(O)O)CC54)CC3)C2C1. The van der Waals surface area contributed by atoms with Crippen LogP contribution in [0.25, 0.3) is 0 Å². The summed E-state index contributed by atoms with van der Waals surface area (Å²) in [6, 6.07) is 0. The predicted molar refractivity (Wildman–Crippen MR) is 120 cm³/mol. The number of hydrogen-bond acceptors (Lipinski definition) is 5. The number of carbonyl (C=O) groups excluding carboxylic acids is 1. The summed E-state index contributed by atoms with van der Waals surface area (Å²) < 4.78 is 6.27. The minimum Gasteiger partial charge on any atom is -0.427 e. The van der Waals surface area contributed by atoms with Gasteiger partial charge in [0, 0.05) is 24.4 Å². The zero-order valence-corrected chi connectivity index (χ0v) is 19.0. The van der Waals surface area contributed by atoms with Crippen LogP contribution in [0.3, 0.4) is 0 Å². The quantitative estimate of drug-likeness (QED) is 0.596. The highest BCUT2D eigenvalue weighted by Gasteiger charge is 2.53. The first kappa shape index (κ1) is 22.2. The first-order valence-corrected chi connectivity index (χ1v) is 13.0. The molecule has 0 radical (unpaired) electrons. The normalized spacial score (nSPS) is 42.2. The highest BCUT2D eigenvalue weighted by molar-refractivity contribution is 6.43. The molecule has 1 spiro atoms. The van der Waals surface area contributed by atoms with E-state index in [9.17, 15) is 14.8 Å². The van der Waals surface area contributed by atoms with Gasteiger partial charge in [-0.2, -0.15) is 0 Å². The second-order valence-corrected chi connectivity index (χ2v) is 11.5. The minimum atomic E-state index is -1.24. The number of nitrogens with two attached hydrogens (primary N) is 1. The summed E-state index contributed by atoms with van der Waals surface area (Å²) in [4.78, 5) is 15.8. The molecule has 0 aromatic carbocycles. The van der Waals surface area contributed by atoms with E-state index >= 15 is 0 Å². The number of fused-ring (bicyclic) bond motifs is 3. The number of piperidine rings is 1. The van der Waals surface area contributed by atoms with Crippen molar-refractivity contribution < 1.29 is 19.6 Å². The van der Waals surface area contributed by atoms with Crippen LogP contribution in [-0.4, -0.2) is 60.3 Å². The molecule has 6 nitrogen and oxygen atoms in total. The third-order valence-electron chi connectivity index (χ3n) is 10.1. The Bertz CT molecular complexity index is 653. The molecule has 4 N–H and O–H groups in total. The van der Waals surface area contributed by atoms with Gasteiger partial charge in [-0.1, -0.05) is 25.7 Å². The Labute approximate surface area is 187 Å². The van der Waals surface area contributed by atoms with Gasteiger partial charge in [-0.05, 0) is 81.0 Å². The molecule has 7 unspecified atom stereocenters. The van der Waals surface area contributed by atoms with Crippen LogP contribution in [0, 0.1) is 35.0 Å². The summed E-state index contributed by atoms with van der Waals surface area (Å²) >= 11 is 0. The van der Waals surface area contributed by atoms with Gasteiger partial charge >= 0.3 is 7.12 Å². The zero-order valence-electron chi connectivity index (χ0n) is 19.0. The van der Waals surface area contributed by atoms with Crippen molar-refractivity contribution in [2.75, 3.05) is 26.2 Å². The summed E-state index contributed by atoms with van der Waals surface area (Å²) in [5.74, 6) is 2.55. The van der Waals surface area contributed by atoms with E-state index in [1.165, 1.54) is 19.3 Å². The van der Waals surface area contributed by atoms with Crippen molar-refractivity contribution >= 4 is 13.0 Å². The average molecular weight is 432 g/mol. The summed E-state index contributed by atoms with van der Waals surface area (Å²) in [5, 5.41) is 19.5. The molecule has 2 saturated heterocycles. The van der Waals surface area contributed by atoms with Crippen LogP contribution in [0.2, 0.25) is 5.82 Å². The Hall–Kier alpha value is -0.625. The van der Waals surface area contributed by atoms with E-state index in [-0.39, 0.29) is 17.2 Å². The highest BCUT2D eigenvalue weighted by atomic mass is 16.5. The lowest BCUT2D eigenvalue weighted by Gasteiger charge is -2.48. The molecule has 5 rings (SSSR count). The molecule has 7 atom stereocenters. The third kappa shape index (κ3) is 4.09. The van der Waals surface area contributed by atoms with Crippen LogP contribution < -0.4 is 5.73 Å². The van der Waals surface area contributed by atoms with Crippen LogP contribution in [-0.2, 0) is 9.53 Å². The molecule has 0 aromatic heterocycles. The third-order valence-corrected chi connectivity index (χ3v) is 10.1. The fourth-order valence-corrected chi connectivity index (χ4v) is 8.13. The first-order chi connectivity index (χ1) is 15.0. The molecule has 174 valence electrons. The topological polar surface area (TPSA) is 96.0 Å². The Morgan fingerprint density at radius 2 is 1.87 bits per heavy atom. The van der Waals surface area contributed by atoms with E-state index in [0.29, 0.717) is 35.7 Å². The van der Waals surface area contributed by atoms with Gasteiger partial charge in [0.05, 0.1) is 12.7 Å². The van der Waals surface area contributed by atoms with E-state index in [0.717, 1.165) is 77.6 Å². The zero-order chi connectivity index (χ0) is 21.6. The molecule has 0 aromatic rings. The number of nitrogens with zero attached hydrogens (tertiary/aromatic N) is 1. The molecule has 2 aliphatic heterocycles. The fourth-order valence-electron chi connectivity index (χ4n) is 8.13. The van der Waals surface area contributed by atoms with Crippen molar-refractivity contribution in [2.45, 2.75) is 82.6 Å². The number of likely N-dealkylation sites (tertiary alicyclic amines) is 1. The Balaban J connectivity index is 1.23. The highest BCUT2D eigenvalue weighted by Crippen LogP contribution is 2.53. The number of ether oxygens (including phenoxy) is 1. The van der Waals surface area contributed by atoms with Gasteiger partial charge in [-0.15, -0.1) is 0 Å². The van der Waals surface area contributed by atoms with Gasteiger partial charge in [0.1, 0.15) is 0 Å². The second-order valence-electron chi connectivity index (χ2n) is 11.5. The number of hydrogen-bond donors (Lipinski definition) is 3. The van der Waals surface area contributed by atoms with Crippen LogP contribution in [0.5, 0.6) is 0 Å². The van der Waals surface area contributed by atoms with Crippen LogP contribution in [0.15, 0.2) is 0 Å². The van der Waals surface area contributed by atoms with E-state index in [1.54, 1.807) is 0 Å². The molecule has 1 amide bonds. The van der Waals surface area contributed by atoms with Crippen LogP contribution in [0.1, 0.15) is 70.6 Å². The molecule has 31 heavy (non-hydrogen) atoms. The smallest absolute Gasteiger partial charge is 0.427 e. The van der Waals surface area contributed by atoms with E-state index in [1.807, 2.05) is 0 Å². The van der Waals surface area contributed by atoms with Crippen LogP contribution >= 0.6 is 0 Å². The summed E-state index contributed by atoms with van der Waals surface area (Å²) in [7, 11) is -1.24. The minimum absolute atomic E-state index is 0.0614. The first-order valence-electron chi connectivity index (χ1n) is 13.0. The van der Waals surface area contributed by atoms with E-state index in [4.69, 9.17) is 10.5 Å². The molecular formula is C24H41BN2O4. The maximum Gasteiger partial charge on any atom is 0.454 e. The van der Waals surface area contributed by atoms with Crippen molar-refractivity contribution in [3.05, 3.63) is 0 Å². The monoisotopic (exact) mass is 432 g/mol. The van der Waals surface area contributed by atoms with Gasteiger partial charge in [-0.25, -0.2) is 0 Å². The Morgan fingerprint density at radius 1 is 1.06 bits per heavy atom. The predicted octanol–water partition coefficient (Wildman–Crippen LogP) is 2.43. The van der Waals surface area contributed by atoms with Gasteiger partial charge in [-0.3, -0.25) is 4.79 Å². The van der Waals surface area contributed by atoms with Crippen molar-refractivity contribution in [3.63, 3.8) is 0 Å². The average Bonchev–Trinajstić information content (AvgIpc) is 3.15. The van der Waals surface area contributed by atoms with E-state index < -0.39 is 7.12 Å². The fraction of sp³-hybridized carbons (Fsp3) is 0.958. The molecule has 0 bridgehead atoms. The van der Waals surface area contributed by atoms with Crippen molar-refractivity contribution in [2.24, 2.45) is 40.7 Å². The summed E-state index contributed by atoms with van der Waals surface area (Å²) in [6.07, 6.45) is 12.1. The van der Waals surface area contributed by atoms with Gasteiger partial charge < -0.3 is 25.4 Å². The van der Waals surface area contributed by atoms with Gasteiger partial charge in [0.15, 0.2) is 0 Å². The number of amides is 1. The summed E-state index contributed by atoms with van der Waals surface area (Å²) in [5.41, 5.74) is 6.26. The lowest BCUT2D eigenvalue weighted by molar-refractivity contribution is -0.143. The van der Waals surface area contributed by atoms with Crippen LogP contribution in [0.4, 0.5) is 0 Å². The second kappa shape index (κ2) is 8.96. The van der Waals surface area contributed by atoms with E-state index in [2.05, 4.69) is 4.90 Å².